The van der Waals surface area contributed by atoms with Gasteiger partial charge in [-0.1, -0.05) is 29.8 Å². The second kappa shape index (κ2) is 6.85. The van der Waals surface area contributed by atoms with Crippen LogP contribution in [-0.2, 0) is 6.42 Å². The summed E-state index contributed by atoms with van der Waals surface area (Å²) in [5.74, 6) is 0.905. The Morgan fingerprint density at radius 3 is 2.32 bits per heavy atom. The molecule has 19 heavy (non-hydrogen) atoms. The van der Waals surface area contributed by atoms with Crippen LogP contribution in [0.15, 0.2) is 22.7 Å². The predicted octanol–water partition coefficient (Wildman–Crippen LogP) is 4.79. The minimum atomic E-state index is -0.169. The molecular weight excluding hydrogens is 305 g/mol. The summed E-state index contributed by atoms with van der Waals surface area (Å²) in [5.41, 5.74) is 1.21. The quantitative estimate of drug-likeness (QED) is 0.818. The van der Waals surface area contributed by atoms with E-state index in [4.69, 9.17) is 0 Å². The maximum absolute atomic E-state index is 13.3. The van der Waals surface area contributed by atoms with Crippen LogP contribution in [0, 0.1) is 17.7 Å². The van der Waals surface area contributed by atoms with E-state index in [1.54, 1.807) is 6.07 Å². The van der Waals surface area contributed by atoms with Crippen LogP contribution in [-0.4, -0.2) is 12.1 Å². The monoisotopic (exact) mass is 329 g/mol. The first kappa shape index (κ1) is 16.6. The summed E-state index contributed by atoms with van der Waals surface area (Å²) in [6.07, 6.45) is 0.906. The van der Waals surface area contributed by atoms with Gasteiger partial charge in [0.15, 0.2) is 0 Å². The van der Waals surface area contributed by atoms with E-state index >= 15 is 0 Å². The van der Waals surface area contributed by atoms with E-state index in [9.17, 15) is 4.39 Å². The van der Waals surface area contributed by atoms with E-state index in [0.717, 1.165) is 23.0 Å². The average Bonchev–Trinajstić information content (AvgIpc) is 2.23. The molecule has 0 aliphatic rings. The molecule has 1 aromatic rings. The van der Waals surface area contributed by atoms with Gasteiger partial charge in [-0.2, -0.15) is 0 Å². The second-order valence-electron chi connectivity index (χ2n) is 6.57. The highest BCUT2D eigenvalue weighted by atomic mass is 79.9. The summed E-state index contributed by atoms with van der Waals surface area (Å²) in [5, 5.41) is 3.53. The summed E-state index contributed by atoms with van der Waals surface area (Å²) < 4.78 is 14.2. The van der Waals surface area contributed by atoms with Gasteiger partial charge in [-0.25, -0.2) is 4.39 Å². The van der Waals surface area contributed by atoms with Gasteiger partial charge in [0.2, 0.25) is 0 Å². The topological polar surface area (TPSA) is 12.0 Å². The first-order valence-electron chi connectivity index (χ1n) is 6.87. The highest BCUT2D eigenvalue weighted by Gasteiger charge is 2.16. The van der Waals surface area contributed by atoms with Crippen molar-refractivity contribution >= 4 is 15.9 Å². The van der Waals surface area contributed by atoms with Gasteiger partial charge in [-0.05, 0) is 69.3 Å². The van der Waals surface area contributed by atoms with Crippen molar-refractivity contribution in [1.29, 1.82) is 0 Å². The molecule has 0 aliphatic heterocycles. The molecule has 0 spiro atoms. The molecule has 0 aromatic heterocycles. The van der Waals surface area contributed by atoms with E-state index in [0.29, 0.717) is 11.8 Å². The SMILES string of the molecule is CC(CNC(C)(C)C)C(C)Cc1cc(F)cc(Br)c1. The fourth-order valence-electron chi connectivity index (χ4n) is 1.97. The molecule has 108 valence electrons. The van der Waals surface area contributed by atoms with Crippen molar-refractivity contribution in [2.24, 2.45) is 11.8 Å². The van der Waals surface area contributed by atoms with Gasteiger partial charge < -0.3 is 5.32 Å². The van der Waals surface area contributed by atoms with Gasteiger partial charge >= 0.3 is 0 Å². The number of halogens is 2. The zero-order valence-corrected chi connectivity index (χ0v) is 14.1. The van der Waals surface area contributed by atoms with Gasteiger partial charge in [-0.15, -0.1) is 0 Å². The zero-order chi connectivity index (χ0) is 14.6. The molecule has 0 radical (unpaired) electrons. The van der Waals surface area contributed by atoms with E-state index in [-0.39, 0.29) is 11.4 Å². The Labute approximate surface area is 125 Å². The van der Waals surface area contributed by atoms with Gasteiger partial charge in [0.1, 0.15) is 5.82 Å². The first-order valence-corrected chi connectivity index (χ1v) is 7.66. The van der Waals surface area contributed by atoms with Gasteiger partial charge in [0.25, 0.3) is 0 Å². The Balaban J connectivity index is 2.56. The summed E-state index contributed by atoms with van der Waals surface area (Å²) in [6, 6.07) is 5.13. The van der Waals surface area contributed by atoms with Crippen LogP contribution in [0.4, 0.5) is 4.39 Å². The standard InChI is InChI=1S/C16H25BrFN/c1-11(12(2)10-19-16(3,4)5)6-13-7-14(17)9-15(18)8-13/h7-9,11-12,19H,6,10H2,1-5H3. The normalized spacial score (nSPS) is 15.3. The van der Waals surface area contributed by atoms with Crippen molar-refractivity contribution in [1.82, 2.24) is 5.32 Å². The number of benzene rings is 1. The summed E-state index contributed by atoms with van der Waals surface area (Å²) in [7, 11) is 0. The molecular formula is C16H25BrFN. The molecule has 0 saturated carbocycles. The van der Waals surface area contributed by atoms with E-state index < -0.39 is 0 Å². The van der Waals surface area contributed by atoms with Crippen LogP contribution in [0.1, 0.15) is 40.2 Å². The lowest BCUT2D eigenvalue weighted by molar-refractivity contribution is 0.317. The third-order valence-electron chi connectivity index (χ3n) is 3.41. The van der Waals surface area contributed by atoms with Gasteiger partial charge in [-0.3, -0.25) is 0 Å². The molecule has 0 heterocycles. The van der Waals surface area contributed by atoms with Crippen LogP contribution in [0.25, 0.3) is 0 Å². The fraction of sp³-hybridized carbons (Fsp3) is 0.625. The van der Waals surface area contributed by atoms with Crippen molar-refractivity contribution in [2.45, 2.75) is 46.6 Å². The third kappa shape index (κ3) is 6.53. The smallest absolute Gasteiger partial charge is 0.124 e. The molecule has 0 fully saturated rings. The first-order chi connectivity index (χ1) is 8.67. The molecule has 0 bridgehead atoms. The van der Waals surface area contributed by atoms with Crippen LogP contribution in [0.5, 0.6) is 0 Å². The highest BCUT2D eigenvalue weighted by Crippen LogP contribution is 2.21. The lowest BCUT2D eigenvalue weighted by atomic mass is 9.89. The van der Waals surface area contributed by atoms with Crippen LogP contribution in [0.2, 0.25) is 0 Å². The Hall–Kier alpha value is -0.410. The van der Waals surface area contributed by atoms with E-state index in [2.05, 4.69) is 55.9 Å². The Morgan fingerprint density at radius 2 is 1.79 bits per heavy atom. The predicted molar refractivity (Wildman–Crippen MR) is 83.9 cm³/mol. The number of hydrogen-bond donors (Lipinski definition) is 1. The summed E-state index contributed by atoms with van der Waals surface area (Å²) in [4.78, 5) is 0. The zero-order valence-electron chi connectivity index (χ0n) is 12.6. The number of hydrogen-bond acceptors (Lipinski definition) is 1. The number of rotatable bonds is 5. The minimum Gasteiger partial charge on any atom is -0.312 e. The second-order valence-corrected chi connectivity index (χ2v) is 7.48. The van der Waals surface area contributed by atoms with Crippen LogP contribution >= 0.6 is 15.9 Å². The maximum atomic E-state index is 13.3. The van der Waals surface area contributed by atoms with Gasteiger partial charge in [0.05, 0.1) is 0 Å². The molecule has 1 nitrogen and oxygen atoms in total. The van der Waals surface area contributed by atoms with Crippen LogP contribution < -0.4 is 5.32 Å². The van der Waals surface area contributed by atoms with E-state index in [1.165, 1.54) is 6.07 Å². The third-order valence-corrected chi connectivity index (χ3v) is 3.86. The van der Waals surface area contributed by atoms with Gasteiger partial charge in [0, 0.05) is 10.0 Å². The van der Waals surface area contributed by atoms with Crippen molar-refractivity contribution in [3.05, 3.63) is 34.1 Å². The molecule has 0 amide bonds. The minimum absolute atomic E-state index is 0.149. The lowest BCUT2D eigenvalue weighted by Crippen LogP contribution is -2.40. The lowest BCUT2D eigenvalue weighted by Gasteiger charge is -2.26. The van der Waals surface area contributed by atoms with Crippen molar-refractivity contribution in [3.63, 3.8) is 0 Å². The number of nitrogens with one attached hydrogen (secondary N) is 1. The molecule has 1 aromatic carbocycles. The fourth-order valence-corrected chi connectivity index (χ4v) is 2.48. The molecule has 3 heteroatoms. The van der Waals surface area contributed by atoms with E-state index in [1.807, 2.05) is 6.07 Å². The molecule has 0 saturated heterocycles. The molecule has 2 unspecified atom stereocenters. The summed E-state index contributed by atoms with van der Waals surface area (Å²) >= 11 is 3.34. The Bertz CT molecular complexity index is 391. The molecule has 1 rings (SSSR count). The highest BCUT2D eigenvalue weighted by molar-refractivity contribution is 9.10. The molecule has 0 aliphatic carbocycles. The average molecular weight is 330 g/mol. The van der Waals surface area contributed by atoms with Crippen molar-refractivity contribution < 1.29 is 4.39 Å². The van der Waals surface area contributed by atoms with Crippen molar-refractivity contribution in [3.8, 4) is 0 Å². The van der Waals surface area contributed by atoms with Crippen molar-refractivity contribution in [2.75, 3.05) is 6.54 Å². The maximum Gasteiger partial charge on any atom is 0.124 e. The largest absolute Gasteiger partial charge is 0.312 e. The van der Waals surface area contributed by atoms with Crippen LogP contribution in [0.3, 0.4) is 0 Å². The molecule has 1 N–H and O–H groups in total. The Morgan fingerprint density at radius 1 is 1.16 bits per heavy atom. The summed E-state index contributed by atoms with van der Waals surface area (Å²) in [6.45, 7) is 12.0. The molecule has 2 atom stereocenters. The Kier molecular flexibility index (Phi) is 6.00.